The number of aromatic hydroxyl groups is 1. The van der Waals surface area contributed by atoms with Crippen molar-refractivity contribution in [1.82, 2.24) is 9.97 Å². The van der Waals surface area contributed by atoms with E-state index < -0.39 is 23.0 Å². The molecule has 7 nitrogen and oxygen atoms in total. The number of hydrogen-bond donors (Lipinski definition) is 3. The van der Waals surface area contributed by atoms with Crippen molar-refractivity contribution in [3.8, 4) is 11.8 Å². The van der Waals surface area contributed by atoms with Crippen molar-refractivity contribution in [2.75, 3.05) is 0 Å². The van der Waals surface area contributed by atoms with Crippen molar-refractivity contribution in [3.05, 3.63) is 69.4 Å². The largest absolute Gasteiger partial charge is 0.505 e. The first-order chi connectivity index (χ1) is 11.5. The lowest BCUT2D eigenvalue weighted by atomic mass is 9.99. The number of aromatic nitrogens is 2. The predicted octanol–water partition coefficient (Wildman–Crippen LogP) is 1.79. The fourth-order valence-electron chi connectivity index (χ4n) is 2.59. The van der Waals surface area contributed by atoms with Gasteiger partial charge in [-0.05, 0) is 17.5 Å². The summed E-state index contributed by atoms with van der Waals surface area (Å²) in [5.74, 6) is -2.09. The molecule has 0 saturated carbocycles. The molecule has 3 N–H and O–H groups in total. The van der Waals surface area contributed by atoms with E-state index in [0.29, 0.717) is 12.0 Å². The van der Waals surface area contributed by atoms with Crippen LogP contribution in [0.3, 0.4) is 0 Å². The predicted molar refractivity (Wildman–Crippen MR) is 85.0 cm³/mol. The molecule has 0 fully saturated rings. The average Bonchev–Trinajstić information content (AvgIpc) is 2.58. The molecule has 1 aromatic carbocycles. The minimum atomic E-state index is -1.48. The fraction of sp³-hybridized carbons (Fsp3) is 0.0588. The lowest BCUT2D eigenvalue weighted by Gasteiger charge is -2.10. The molecule has 2 aromatic heterocycles. The fourth-order valence-corrected chi connectivity index (χ4v) is 2.59. The molecule has 0 spiro atoms. The number of carboxylic acid groups (broad SMARTS) is 1. The molecule has 7 heteroatoms. The number of pyridine rings is 2. The van der Waals surface area contributed by atoms with Gasteiger partial charge in [-0.1, -0.05) is 30.3 Å². The molecule has 0 aliphatic heterocycles. The van der Waals surface area contributed by atoms with Gasteiger partial charge in [-0.2, -0.15) is 5.26 Å². The molecule has 3 aromatic rings. The first kappa shape index (κ1) is 15.2. The van der Waals surface area contributed by atoms with Gasteiger partial charge in [-0.3, -0.25) is 4.79 Å². The Bertz CT molecular complexity index is 1050. The van der Waals surface area contributed by atoms with Crippen LogP contribution in [0.2, 0.25) is 0 Å². The van der Waals surface area contributed by atoms with Crippen LogP contribution in [-0.4, -0.2) is 26.2 Å². The first-order valence-corrected chi connectivity index (χ1v) is 6.97. The van der Waals surface area contributed by atoms with Crippen molar-refractivity contribution in [3.63, 3.8) is 0 Å². The highest BCUT2D eigenvalue weighted by atomic mass is 16.4. The summed E-state index contributed by atoms with van der Waals surface area (Å²) in [6, 6.07) is 11.0. The highest BCUT2D eigenvalue weighted by molar-refractivity contribution is 6.01. The topological polar surface area (TPSA) is 127 Å². The standard InChI is InChI=1S/C17H11N3O4/c18-7-11-13-12(15(21)14(20-11)17(23)24)10(8-19-16(13)22)6-9-4-2-1-3-5-9/h1-5,8,21H,6H2,(H,19,22)(H,23,24). The maximum atomic E-state index is 12.1. The average molecular weight is 321 g/mol. The van der Waals surface area contributed by atoms with Gasteiger partial charge in [0.15, 0.2) is 17.1 Å². The van der Waals surface area contributed by atoms with Crippen LogP contribution in [0.4, 0.5) is 0 Å². The maximum absolute atomic E-state index is 12.1. The number of nitriles is 1. The van der Waals surface area contributed by atoms with Gasteiger partial charge in [0.2, 0.25) is 0 Å². The SMILES string of the molecule is N#Cc1nc(C(=O)O)c(O)c2c(Cc3ccccc3)c[nH]c(=O)c12. The molecule has 118 valence electrons. The van der Waals surface area contributed by atoms with Crippen LogP contribution < -0.4 is 5.56 Å². The number of aromatic carboxylic acids is 1. The Balaban J connectivity index is 2.37. The van der Waals surface area contributed by atoms with Crippen molar-refractivity contribution in [1.29, 1.82) is 5.26 Å². The third-order valence-electron chi connectivity index (χ3n) is 3.64. The third-order valence-corrected chi connectivity index (χ3v) is 3.64. The number of nitrogens with zero attached hydrogens (tertiary/aromatic N) is 2. The number of H-pyrrole nitrogens is 1. The van der Waals surface area contributed by atoms with Gasteiger partial charge < -0.3 is 15.2 Å². The molecule has 3 rings (SSSR count). The van der Waals surface area contributed by atoms with Gasteiger partial charge in [0.1, 0.15) is 6.07 Å². The second-order valence-corrected chi connectivity index (χ2v) is 5.13. The summed E-state index contributed by atoms with van der Waals surface area (Å²) in [5.41, 5.74) is -0.208. The second kappa shape index (κ2) is 5.85. The molecule has 0 unspecified atom stereocenters. The molecular formula is C17H11N3O4. The zero-order valence-corrected chi connectivity index (χ0v) is 12.3. The molecule has 0 amide bonds. The van der Waals surface area contributed by atoms with Crippen molar-refractivity contribution < 1.29 is 15.0 Å². The van der Waals surface area contributed by atoms with Crippen LogP contribution in [-0.2, 0) is 6.42 Å². The molecular weight excluding hydrogens is 310 g/mol. The van der Waals surface area contributed by atoms with E-state index in [0.717, 1.165) is 5.56 Å². The zero-order chi connectivity index (χ0) is 17.3. The third kappa shape index (κ3) is 2.46. The summed E-state index contributed by atoms with van der Waals surface area (Å²) < 4.78 is 0. The normalized spacial score (nSPS) is 10.5. The number of benzene rings is 1. The molecule has 0 radical (unpaired) electrons. The number of rotatable bonds is 3. The van der Waals surface area contributed by atoms with E-state index in [1.54, 1.807) is 6.07 Å². The number of carbonyl (C=O) groups is 1. The van der Waals surface area contributed by atoms with Crippen LogP contribution in [0.5, 0.6) is 5.75 Å². The second-order valence-electron chi connectivity index (χ2n) is 5.13. The summed E-state index contributed by atoms with van der Waals surface area (Å²) >= 11 is 0. The number of carboxylic acids is 1. The van der Waals surface area contributed by atoms with Crippen molar-refractivity contribution in [2.24, 2.45) is 0 Å². The molecule has 24 heavy (non-hydrogen) atoms. The highest BCUT2D eigenvalue weighted by Gasteiger charge is 2.22. The highest BCUT2D eigenvalue weighted by Crippen LogP contribution is 2.31. The smallest absolute Gasteiger partial charge is 0.358 e. The van der Waals surface area contributed by atoms with Gasteiger partial charge in [0, 0.05) is 11.6 Å². The zero-order valence-electron chi connectivity index (χ0n) is 12.3. The number of aromatic amines is 1. The Hall–Kier alpha value is -3.66. The minimum Gasteiger partial charge on any atom is -0.505 e. The number of hydrogen-bond acceptors (Lipinski definition) is 5. The Morgan fingerprint density at radius 3 is 2.58 bits per heavy atom. The van der Waals surface area contributed by atoms with E-state index in [9.17, 15) is 25.1 Å². The van der Waals surface area contributed by atoms with E-state index in [1.807, 2.05) is 30.3 Å². The van der Waals surface area contributed by atoms with Crippen LogP contribution in [0, 0.1) is 11.3 Å². The van der Waals surface area contributed by atoms with Gasteiger partial charge in [-0.25, -0.2) is 9.78 Å². The van der Waals surface area contributed by atoms with Gasteiger partial charge in [-0.15, -0.1) is 0 Å². The van der Waals surface area contributed by atoms with E-state index in [1.165, 1.54) is 6.20 Å². The Kier molecular flexibility index (Phi) is 3.72. The van der Waals surface area contributed by atoms with E-state index in [-0.39, 0.29) is 16.5 Å². The Labute approximate surface area is 135 Å². The van der Waals surface area contributed by atoms with Crippen LogP contribution in [0.25, 0.3) is 10.8 Å². The molecule has 2 heterocycles. The number of fused-ring (bicyclic) bond motifs is 1. The van der Waals surface area contributed by atoms with Gasteiger partial charge >= 0.3 is 5.97 Å². The van der Waals surface area contributed by atoms with Gasteiger partial charge in [0.25, 0.3) is 5.56 Å². The maximum Gasteiger partial charge on any atom is 0.358 e. The van der Waals surface area contributed by atoms with Crippen LogP contribution >= 0.6 is 0 Å². The summed E-state index contributed by atoms with van der Waals surface area (Å²) in [7, 11) is 0. The lowest BCUT2D eigenvalue weighted by molar-refractivity contribution is 0.0687. The van der Waals surface area contributed by atoms with Crippen LogP contribution in [0.15, 0.2) is 41.3 Å². The number of nitrogens with one attached hydrogen (secondary N) is 1. The Morgan fingerprint density at radius 2 is 1.96 bits per heavy atom. The molecule has 0 bridgehead atoms. The van der Waals surface area contributed by atoms with E-state index >= 15 is 0 Å². The molecule has 0 atom stereocenters. The monoisotopic (exact) mass is 321 g/mol. The molecule has 0 aliphatic rings. The first-order valence-electron chi connectivity index (χ1n) is 6.97. The lowest BCUT2D eigenvalue weighted by Crippen LogP contribution is -2.13. The van der Waals surface area contributed by atoms with Crippen molar-refractivity contribution in [2.45, 2.75) is 6.42 Å². The van der Waals surface area contributed by atoms with Crippen LogP contribution in [0.1, 0.15) is 27.3 Å². The summed E-state index contributed by atoms with van der Waals surface area (Å²) in [6.07, 6.45) is 1.75. The quantitative estimate of drug-likeness (QED) is 0.675. The minimum absolute atomic E-state index is 0.0338. The van der Waals surface area contributed by atoms with E-state index in [2.05, 4.69) is 9.97 Å². The van der Waals surface area contributed by atoms with E-state index in [4.69, 9.17) is 0 Å². The molecule has 0 aliphatic carbocycles. The molecule has 0 saturated heterocycles. The summed E-state index contributed by atoms with van der Waals surface area (Å²) in [4.78, 5) is 29.5. The van der Waals surface area contributed by atoms with Crippen molar-refractivity contribution >= 4 is 16.7 Å². The summed E-state index contributed by atoms with van der Waals surface area (Å²) in [6.45, 7) is 0. The summed E-state index contributed by atoms with van der Waals surface area (Å²) in [5, 5.41) is 28.6. The Morgan fingerprint density at radius 1 is 1.25 bits per heavy atom. The van der Waals surface area contributed by atoms with Gasteiger partial charge in [0.05, 0.1) is 5.39 Å².